The van der Waals surface area contributed by atoms with Gasteiger partial charge in [0, 0.05) is 11.8 Å². The molecule has 3 heteroatoms. The zero-order valence-electron chi connectivity index (χ0n) is 16.2. The second-order valence-electron chi connectivity index (χ2n) is 7.11. The molecule has 0 atom stereocenters. The molecule has 1 nitrogen and oxygen atoms in total. The molecule has 142 valence electrons. The molecule has 0 unspecified atom stereocenters. The number of rotatable bonds is 17. The summed E-state index contributed by atoms with van der Waals surface area (Å²) in [6.07, 6.45) is 16.8. The van der Waals surface area contributed by atoms with Crippen molar-refractivity contribution in [2.75, 3.05) is 31.5 Å². The summed E-state index contributed by atoms with van der Waals surface area (Å²) >= 11 is 3.66. The highest BCUT2D eigenvalue weighted by Crippen LogP contribution is 2.18. The van der Waals surface area contributed by atoms with Crippen LogP contribution in [0.2, 0.25) is 0 Å². The Morgan fingerprint density at radius 1 is 0.522 bits per heavy atom. The van der Waals surface area contributed by atoms with E-state index < -0.39 is 0 Å². The first kappa shape index (κ1) is 26.0. The van der Waals surface area contributed by atoms with Crippen LogP contribution in [-0.4, -0.2) is 36.0 Å². The maximum Gasteiger partial charge on any atom is 0.0794 e. The molecule has 0 bridgehead atoms. The lowest BCUT2D eigenvalue weighted by atomic mass is 10.1. The van der Waals surface area contributed by atoms with E-state index in [9.17, 15) is 0 Å². The highest BCUT2D eigenvalue weighted by molar-refractivity contribution is 9.09. The molecule has 0 aliphatic carbocycles. The Morgan fingerprint density at radius 3 is 1.26 bits per heavy atom. The molecule has 0 spiro atoms. The lowest BCUT2D eigenvalue weighted by molar-refractivity contribution is -0.928. The first-order valence-electron chi connectivity index (χ1n) is 10.2. The van der Waals surface area contributed by atoms with Crippen molar-refractivity contribution in [2.24, 2.45) is 0 Å². The fraction of sp³-hybridized carbons (Fsp3) is 1.00. The highest BCUT2D eigenvalue weighted by atomic mass is 79.9. The molecule has 0 aliphatic heterocycles. The first-order chi connectivity index (χ1) is 10.7. The van der Waals surface area contributed by atoms with E-state index in [0.29, 0.717) is 0 Å². The van der Waals surface area contributed by atoms with Crippen molar-refractivity contribution in [3.8, 4) is 0 Å². The number of hydrogen-bond donors (Lipinski definition) is 0. The lowest BCUT2D eigenvalue weighted by Crippen LogP contribution is -3.00. The van der Waals surface area contributed by atoms with E-state index in [1.54, 1.807) is 0 Å². The van der Waals surface area contributed by atoms with Crippen molar-refractivity contribution >= 4 is 15.9 Å². The van der Waals surface area contributed by atoms with Crippen LogP contribution in [0, 0.1) is 0 Å². The minimum atomic E-state index is 0. The fourth-order valence-electron chi connectivity index (χ4n) is 3.51. The van der Waals surface area contributed by atoms with Crippen molar-refractivity contribution in [3.05, 3.63) is 0 Å². The summed E-state index contributed by atoms with van der Waals surface area (Å²) in [5.41, 5.74) is 0. The van der Waals surface area contributed by atoms with Crippen molar-refractivity contribution < 1.29 is 16.9 Å². The predicted octanol–water partition coefficient (Wildman–Crippen LogP) is 3.94. The molecular formula is C20H43BrClN. The standard InChI is InChI=1S/C20H43BrN.ClH/c1-4-7-10-13-18-22(20-15-16-21,17-12-9-6-3)19-14-11-8-5-2;/h4-20H2,1-3H3;1H/q+1;/p-1. The Bertz CT molecular complexity index is 212. The number of hydrogen-bond acceptors (Lipinski definition) is 0. The fourth-order valence-corrected chi connectivity index (χ4v) is 3.76. The van der Waals surface area contributed by atoms with Gasteiger partial charge in [-0.3, -0.25) is 0 Å². The smallest absolute Gasteiger partial charge is 0.0794 e. The first-order valence-corrected chi connectivity index (χ1v) is 11.3. The molecular weight excluding hydrogens is 370 g/mol. The van der Waals surface area contributed by atoms with Gasteiger partial charge in [0.05, 0.1) is 26.2 Å². The summed E-state index contributed by atoms with van der Waals surface area (Å²) in [7, 11) is 0. The Labute approximate surface area is 162 Å². The molecule has 0 aromatic carbocycles. The lowest BCUT2D eigenvalue weighted by Gasteiger charge is -2.39. The number of halogens is 2. The van der Waals surface area contributed by atoms with E-state index in [0.717, 1.165) is 0 Å². The van der Waals surface area contributed by atoms with Crippen LogP contribution in [0.5, 0.6) is 0 Å². The van der Waals surface area contributed by atoms with Crippen LogP contribution in [0.25, 0.3) is 0 Å². The number of unbranched alkanes of at least 4 members (excludes halogenated alkanes) is 8. The molecule has 0 N–H and O–H groups in total. The normalized spacial score (nSPS) is 11.5. The third-order valence-electron chi connectivity index (χ3n) is 4.97. The average molecular weight is 413 g/mol. The SMILES string of the molecule is CCCCCC[N+](CCCBr)(CCCCC)CCCCCC.[Cl-]. The molecule has 0 aromatic rings. The monoisotopic (exact) mass is 411 g/mol. The second kappa shape index (κ2) is 19.1. The molecule has 0 amide bonds. The van der Waals surface area contributed by atoms with Gasteiger partial charge in [-0.15, -0.1) is 0 Å². The maximum absolute atomic E-state index is 3.66. The maximum atomic E-state index is 3.66. The van der Waals surface area contributed by atoms with Gasteiger partial charge in [-0.05, 0) is 38.5 Å². The van der Waals surface area contributed by atoms with Gasteiger partial charge in [0.15, 0.2) is 0 Å². The van der Waals surface area contributed by atoms with E-state index >= 15 is 0 Å². The van der Waals surface area contributed by atoms with Gasteiger partial charge in [-0.25, -0.2) is 0 Å². The zero-order chi connectivity index (χ0) is 16.5. The number of nitrogens with zero attached hydrogens (tertiary/aromatic N) is 1. The van der Waals surface area contributed by atoms with Crippen LogP contribution in [0.3, 0.4) is 0 Å². The Kier molecular flexibility index (Phi) is 21.5. The summed E-state index contributed by atoms with van der Waals surface area (Å²) in [5.74, 6) is 0. The Balaban J connectivity index is 0. The van der Waals surface area contributed by atoms with E-state index in [1.165, 1.54) is 113 Å². The summed E-state index contributed by atoms with van der Waals surface area (Å²) in [6, 6.07) is 0. The molecule has 0 aromatic heterocycles. The number of quaternary nitrogens is 1. The third-order valence-corrected chi connectivity index (χ3v) is 5.53. The third kappa shape index (κ3) is 14.8. The molecule has 0 saturated heterocycles. The summed E-state index contributed by atoms with van der Waals surface area (Å²) in [5, 5.41) is 1.17. The molecule has 0 rings (SSSR count). The van der Waals surface area contributed by atoms with Crippen molar-refractivity contribution in [2.45, 2.75) is 97.8 Å². The van der Waals surface area contributed by atoms with Gasteiger partial charge in [0.25, 0.3) is 0 Å². The summed E-state index contributed by atoms with van der Waals surface area (Å²) in [4.78, 5) is 0. The molecule has 0 heterocycles. The number of alkyl halides is 1. The average Bonchev–Trinajstić information content (AvgIpc) is 2.54. The summed E-state index contributed by atoms with van der Waals surface area (Å²) in [6.45, 7) is 12.7. The molecule has 0 radical (unpaired) electrons. The van der Waals surface area contributed by atoms with Gasteiger partial charge in [0.1, 0.15) is 0 Å². The topological polar surface area (TPSA) is 0 Å². The van der Waals surface area contributed by atoms with E-state index in [-0.39, 0.29) is 12.4 Å². The highest BCUT2D eigenvalue weighted by Gasteiger charge is 2.25. The van der Waals surface area contributed by atoms with Crippen molar-refractivity contribution in [1.29, 1.82) is 0 Å². The van der Waals surface area contributed by atoms with Gasteiger partial charge in [-0.1, -0.05) is 68.8 Å². The predicted molar refractivity (Wildman–Crippen MR) is 106 cm³/mol. The molecule has 0 fully saturated rings. The molecule has 0 aliphatic rings. The minimum Gasteiger partial charge on any atom is -1.00 e. The Hall–Kier alpha value is 0.730. The Morgan fingerprint density at radius 2 is 0.870 bits per heavy atom. The zero-order valence-corrected chi connectivity index (χ0v) is 18.6. The minimum absolute atomic E-state index is 0. The molecule has 23 heavy (non-hydrogen) atoms. The van der Waals surface area contributed by atoms with E-state index in [1.807, 2.05) is 0 Å². The van der Waals surface area contributed by atoms with Gasteiger partial charge in [-0.2, -0.15) is 0 Å². The largest absolute Gasteiger partial charge is 1.00 e. The van der Waals surface area contributed by atoms with E-state index in [4.69, 9.17) is 0 Å². The van der Waals surface area contributed by atoms with Crippen LogP contribution in [0.1, 0.15) is 97.8 Å². The van der Waals surface area contributed by atoms with Gasteiger partial charge < -0.3 is 16.9 Å². The second-order valence-corrected chi connectivity index (χ2v) is 7.90. The summed E-state index contributed by atoms with van der Waals surface area (Å²) < 4.78 is 1.42. The van der Waals surface area contributed by atoms with Gasteiger partial charge in [0.2, 0.25) is 0 Å². The van der Waals surface area contributed by atoms with Crippen molar-refractivity contribution in [1.82, 2.24) is 0 Å². The van der Waals surface area contributed by atoms with Crippen LogP contribution in [0.4, 0.5) is 0 Å². The van der Waals surface area contributed by atoms with Crippen LogP contribution in [0.15, 0.2) is 0 Å². The van der Waals surface area contributed by atoms with E-state index in [2.05, 4.69) is 36.7 Å². The molecule has 0 saturated carbocycles. The van der Waals surface area contributed by atoms with Crippen molar-refractivity contribution in [3.63, 3.8) is 0 Å². The van der Waals surface area contributed by atoms with Crippen LogP contribution in [-0.2, 0) is 0 Å². The van der Waals surface area contributed by atoms with Crippen LogP contribution >= 0.6 is 15.9 Å². The quantitative estimate of drug-likeness (QED) is 0.193. The van der Waals surface area contributed by atoms with Crippen LogP contribution < -0.4 is 12.4 Å². The van der Waals surface area contributed by atoms with Gasteiger partial charge >= 0.3 is 0 Å².